The molecule has 40 heavy (non-hydrogen) atoms. The molecule has 0 unspecified atom stereocenters. The van der Waals surface area contributed by atoms with Gasteiger partial charge in [-0.25, -0.2) is 13.2 Å². The Bertz CT molecular complexity index is 1450. The Balaban J connectivity index is 1.78. The third kappa shape index (κ3) is 8.31. The second-order valence-corrected chi connectivity index (χ2v) is 12.3. The zero-order chi connectivity index (χ0) is 29.8. The molecule has 11 nitrogen and oxygen atoms in total. The molecule has 1 atom stereocenters. The SMILES string of the molecule is CN(C)C/C(=N/S(C)(=O)=O)NC[C@H](NC(=O)c1c(Cl)cc2c(c1Cl)CCN(C(=O)c1ccc(Cl)cc1)C2)C(=O)O. The molecule has 1 aliphatic rings. The number of likely N-dealkylation sites (N-methyl/N-ethyl adjacent to an activating group) is 1. The van der Waals surface area contributed by atoms with E-state index in [0.29, 0.717) is 34.7 Å². The van der Waals surface area contributed by atoms with E-state index in [1.54, 1.807) is 54.2 Å². The molecule has 3 rings (SSSR count). The van der Waals surface area contributed by atoms with Crippen LogP contribution in [0.3, 0.4) is 0 Å². The second-order valence-electron chi connectivity index (χ2n) is 9.42. The summed E-state index contributed by atoms with van der Waals surface area (Å²) in [5, 5.41) is 15.3. The van der Waals surface area contributed by atoms with E-state index in [1.165, 1.54) is 0 Å². The zero-order valence-electron chi connectivity index (χ0n) is 21.9. The van der Waals surface area contributed by atoms with Crippen molar-refractivity contribution in [1.82, 2.24) is 20.4 Å². The number of sulfonamides is 1. The van der Waals surface area contributed by atoms with E-state index >= 15 is 0 Å². The first-order valence-corrected chi connectivity index (χ1v) is 14.9. The molecule has 0 saturated heterocycles. The van der Waals surface area contributed by atoms with Gasteiger partial charge in [-0.1, -0.05) is 34.8 Å². The Kier molecular flexibility index (Phi) is 10.4. The van der Waals surface area contributed by atoms with E-state index in [4.69, 9.17) is 34.8 Å². The largest absolute Gasteiger partial charge is 0.480 e. The first-order valence-electron chi connectivity index (χ1n) is 11.9. The van der Waals surface area contributed by atoms with E-state index in [1.807, 2.05) is 0 Å². The Morgan fingerprint density at radius 3 is 2.38 bits per heavy atom. The number of aliphatic carboxylic acids is 1. The van der Waals surface area contributed by atoms with Crippen LogP contribution in [0.15, 0.2) is 34.7 Å². The molecule has 0 spiro atoms. The van der Waals surface area contributed by atoms with Crippen LogP contribution < -0.4 is 10.6 Å². The molecule has 0 bridgehead atoms. The first kappa shape index (κ1) is 31.6. The van der Waals surface area contributed by atoms with Crippen LogP contribution in [0, 0.1) is 0 Å². The van der Waals surface area contributed by atoms with Crippen molar-refractivity contribution in [2.75, 3.05) is 40.0 Å². The van der Waals surface area contributed by atoms with Gasteiger partial charge in [0.15, 0.2) is 0 Å². The minimum atomic E-state index is -3.75. The van der Waals surface area contributed by atoms with Crippen molar-refractivity contribution in [2.24, 2.45) is 4.40 Å². The predicted molar refractivity (Wildman–Crippen MR) is 154 cm³/mol. The number of nitrogens with zero attached hydrogens (tertiary/aromatic N) is 3. The van der Waals surface area contributed by atoms with Crippen LogP contribution in [0.1, 0.15) is 31.8 Å². The van der Waals surface area contributed by atoms with Crippen molar-refractivity contribution >= 4 is 68.4 Å². The van der Waals surface area contributed by atoms with E-state index < -0.39 is 27.9 Å². The summed E-state index contributed by atoms with van der Waals surface area (Å²) < 4.78 is 26.8. The number of carbonyl (C=O) groups excluding carboxylic acids is 2. The van der Waals surface area contributed by atoms with Gasteiger partial charge in [0.05, 0.1) is 28.4 Å². The number of benzene rings is 2. The lowest BCUT2D eigenvalue weighted by Gasteiger charge is -2.30. The highest BCUT2D eigenvalue weighted by Gasteiger charge is 2.29. The Morgan fingerprint density at radius 1 is 1.15 bits per heavy atom. The number of nitrogens with one attached hydrogen (secondary N) is 2. The Morgan fingerprint density at radius 2 is 1.80 bits per heavy atom. The number of halogens is 3. The van der Waals surface area contributed by atoms with Gasteiger partial charge in [0.1, 0.15) is 11.9 Å². The summed E-state index contributed by atoms with van der Waals surface area (Å²) in [6.07, 6.45) is 1.26. The van der Waals surface area contributed by atoms with Crippen LogP contribution in [-0.2, 0) is 27.8 Å². The molecule has 0 radical (unpaired) electrons. The maximum atomic E-state index is 13.1. The van der Waals surface area contributed by atoms with Crippen molar-refractivity contribution in [3.8, 4) is 0 Å². The average Bonchev–Trinajstić information content (AvgIpc) is 2.84. The summed E-state index contributed by atoms with van der Waals surface area (Å²) in [6, 6.07) is 6.62. The number of hydrogen-bond donors (Lipinski definition) is 3. The molecule has 2 amide bonds. The van der Waals surface area contributed by atoms with E-state index in [0.717, 1.165) is 6.26 Å². The molecule has 216 valence electrons. The van der Waals surface area contributed by atoms with Crippen LogP contribution >= 0.6 is 34.8 Å². The topological polar surface area (TPSA) is 148 Å². The van der Waals surface area contributed by atoms with Gasteiger partial charge in [0, 0.05) is 30.2 Å². The molecular weight excluding hydrogens is 605 g/mol. The van der Waals surface area contributed by atoms with Crippen molar-refractivity contribution in [3.63, 3.8) is 0 Å². The third-order valence-corrected chi connectivity index (χ3v) is 7.39. The monoisotopic (exact) mass is 631 g/mol. The van der Waals surface area contributed by atoms with Crippen LogP contribution in [0.2, 0.25) is 15.1 Å². The van der Waals surface area contributed by atoms with E-state index in [2.05, 4.69) is 15.0 Å². The first-order chi connectivity index (χ1) is 18.7. The standard InChI is InChI=1S/C25H28Cl3N5O6S/c1-32(2)13-20(31-40(3,38)39)29-11-19(25(36)37)30-23(34)21-18(27)10-15-12-33(9-8-17(15)22(21)28)24(35)14-4-6-16(26)7-5-14/h4-7,10,19H,8-9,11-13H2,1-3H3,(H,29,31)(H,30,34)(H,36,37)/t19-/m0/s1. The molecular formula is C25H28Cl3N5O6S. The normalized spacial score (nSPS) is 14.5. The maximum absolute atomic E-state index is 13.1. The molecule has 2 aromatic carbocycles. The van der Waals surface area contributed by atoms with Gasteiger partial charge in [-0.3, -0.25) is 9.59 Å². The lowest BCUT2D eigenvalue weighted by Crippen LogP contribution is -2.49. The van der Waals surface area contributed by atoms with Crippen LogP contribution in [0.25, 0.3) is 0 Å². The highest BCUT2D eigenvalue weighted by Crippen LogP contribution is 2.35. The highest BCUT2D eigenvalue weighted by atomic mass is 35.5. The van der Waals surface area contributed by atoms with Gasteiger partial charge in [-0.2, -0.15) is 0 Å². The summed E-state index contributed by atoms with van der Waals surface area (Å²) >= 11 is 18.9. The number of carbonyl (C=O) groups is 3. The fraction of sp³-hybridized carbons (Fsp3) is 0.360. The average molecular weight is 633 g/mol. The van der Waals surface area contributed by atoms with Gasteiger partial charge in [0.25, 0.3) is 21.8 Å². The Hall–Kier alpha value is -2.90. The van der Waals surface area contributed by atoms with Crippen molar-refractivity contribution in [2.45, 2.75) is 19.0 Å². The number of amidine groups is 1. The van der Waals surface area contributed by atoms with Crippen molar-refractivity contribution in [1.29, 1.82) is 0 Å². The lowest BCUT2D eigenvalue weighted by atomic mass is 9.96. The summed E-state index contributed by atoms with van der Waals surface area (Å²) in [7, 11) is -0.384. The van der Waals surface area contributed by atoms with Crippen LogP contribution in [0.4, 0.5) is 0 Å². The molecule has 0 saturated carbocycles. The summed E-state index contributed by atoms with van der Waals surface area (Å²) in [4.78, 5) is 41.2. The summed E-state index contributed by atoms with van der Waals surface area (Å²) in [5.41, 5.74) is 1.69. The van der Waals surface area contributed by atoms with Crippen molar-refractivity contribution < 1.29 is 27.9 Å². The van der Waals surface area contributed by atoms with Gasteiger partial charge >= 0.3 is 5.97 Å². The van der Waals surface area contributed by atoms with Gasteiger partial charge in [-0.15, -0.1) is 4.40 Å². The Labute approximate surface area is 247 Å². The van der Waals surface area contributed by atoms with Crippen LogP contribution in [-0.4, -0.2) is 93.0 Å². The quantitative estimate of drug-likeness (QED) is 0.282. The lowest BCUT2D eigenvalue weighted by molar-refractivity contribution is -0.139. The minimum Gasteiger partial charge on any atom is -0.480 e. The number of carboxylic acid groups (broad SMARTS) is 1. The van der Waals surface area contributed by atoms with E-state index in [-0.39, 0.29) is 47.0 Å². The molecule has 0 fully saturated rings. The summed E-state index contributed by atoms with van der Waals surface area (Å²) in [5.74, 6) is -2.37. The smallest absolute Gasteiger partial charge is 0.328 e. The van der Waals surface area contributed by atoms with Gasteiger partial charge < -0.3 is 25.5 Å². The molecule has 1 heterocycles. The molecule has 1 aliphatic heterocycles. The van der Waals surface area contributed by atoms with Gasteiger partial charge in [-0.05, 0) is 62.0 Å². The number of hydrogen-bond acceptors (Lipinski definition) is 6. The van der Waals surface area contributed by atoms with E-state index in [9.17, 15) is 27.9 Å². The second kappa shape index (κ2) is 13.2. The summed E-state index contributed by atoms with van der Waals surface area (Å²) in [6.45, 7) is 0.291. The molecule has 2 aromatic rings. The molecule has 0 aliphatic carbocycles. The zero-order valence-corrected chi connectivity index (χ0v) is 25.0. The number of carboxylic acids is 1. The fourth-order valence-corrected chi connectivity index (χ4v) is 5.49. The maximum Gasteiger partial charge on any atom is 0.328 e. The number of fused-ring (bicyclic) bond motifs is 1. The predicted octanol–water partition coefficient (Wildman–Crippen LogP) is 2.54. The number of rotatable bonds is 9. The highest BCUT2D eigenvalue weighted by molar-refractivity contribution is 7.89. The van der Waals surface area contributed by atoms with Gasteiger partial charge in [0.2, 0.25) is 0 Å². The molecule has 0 aromatic heterocycles. The van der Waals surface area contributed by atoms with Crippen molar-refractivity contribution in [3.05, 3.63) is 67.7 Å². The van der Waals surface area contributed by atoms with Crippen LogP contribution in [0.5, 0.6) is 0 Å². The third-order valence-electron chi connectivity index (χ3n) is 5.87. The number of amides is 2. The molecule has 15 heteroatoms. The molecule has 3 N–H and O–H groups in total. The minimum absolute atomic E-state index is 0.00826. The fourth-order valence-electron chi connectivity index (χ4n) is 4.08.